The summed E-state index contributed by atoms with van der Waals surface area (Å²) in [7, 11) is 1.87. The maximum atomic E-state index is 5.65. The Morgan fingerprint density at radius 2 is 2.00 bits per heavy atom. The first kappa shape index (κ1) is 12.6. The lowest BCUT2D eigenvalue weighted by molar-refractivity contribution is 0.317. The second-order valence-electron chi connectivity index (χ2n) is 4.18. The van der Waals surface area contributed by atoms with E-state index in [0.717, 1.165) is 18.0 Å². The van der Waals surface area contributed by atoms with Crippen molar-refractivity contribution in [1.29, 1.82) is 0 Å². The van der Waals surface area contributed by atoms with E-state index in [0.29, 0.717) is 19.0 Å². The minimum absolute atomic E-state index is 0.368. The fourth-order valence-corrected chi connectivity index (χ4v) is 1.67. The number of nitrogens with zero attached hydrogens (tertiary/aromatic N) is 3. The Labute approximate surface area is 107 Å². The van der Waals surface area contributed by atoms with Gasteiger partial charge in [0.2, 0.25) is 0 Å². The van der Waals surface area contributed by atoms with Gasteiger partial charge in [-0.25, -0.2) is 4.98 Å². The fraction of sp³-hybridized carbons (Fsp3) is 0.385. The Hall–Kier alpha value is -1.88. The van der Waals surface area contributed by atoms with E-state index in [1.54, 1.807) is 4.68 Å². The Kier molecular flexibility index (Phi) is 3.94. The van der Waals surface area contributed by atoms with Gasteiger partial charge < -0.3 is 10.5 Å². The molecule has 5 nitrogen and oxygen atoms in total. The van der Waals surface area contributed by atoms with Crippen LogP contribution in [0.15, 0.2) is 24.3 Å². The van der Waals surface area contributed by atoms with E-state index in [1.807, 2.05) is 31.3 Å². The molecule has 18 heavy (non-hydrogen) atoms. The molecule has 1 aromatic heterocycles. The van der Waals surface area contributed by atoms with Gasteiger partial charge in [-0.1, -0.05) is 17.7 Å². The van der Waals surface area contributed by atoms with E-state index in [9.17, 15) is 0 Å². The van der Waals surface area contributed by atoms with Gasteiger partial charge in [0, 0.05) is 13.5 Å². The summed E-state index contributed by atoms with van der Waals surface area (Å²) in [5.41, 5.74) is 6.72. The lowest BCUT2D eigenvalue weighted by Crippen LogP contribution is -2.07. The van der Waals surface area contributed by atoms with Crippen LogP contribution in [0, 0.1) is 6.92 Å². The summed E-state index contributed by atoms with van der Waals surface area (Å²) in [5, 5.41) is 4.19. The first-order valence-electron chi connectivity index (χ1n) is 5.97. The van der Waals surface area contributed by atoms with Gasteiger partial charge >= 0.3 is 0 Å². The third-order valence-corrected chi connectivity index (χ3v) is 2.70. The third-order valence-electron chi connectivity index (χ3n) is 2.70. The van der Waals surface area contributed by atoms with Gasteiger partial charge in [-0.15, -0.1) is 0 Å². The zero-order valence-electron chi connectivity index (χ0n) is 10.8. The molecule has 0 radical (unpaired) electrons. The smallest absolute Gasteiger partial charge is 0.164 e. The van der Waals surface area contributed by atoms with Crippen LogP contribution in [0.3, 0.4) is 0 Å². The van der Waals surface area contributed by atoms with Crippen LogP contribution in [-0.2, 0) is 20.0 Å². The SMILES string of the molecule is Cc1ccc(OCCc2nc(CN)nn2C)cc1. The summed E-state index contributed by atoms with van der Waals surface area (Å²) in [4.78, 5) is 4.32. The summed E-state index contributed by atoms with van der Waals surface area (Å²) in [6.07, 6.45) is 0.720. The number of ether oxygens (including phenoxy) is 1. The van der Waals surface area contributed by atoms with Crippen LogP contribution in [0.4, 0.5) is 0 Å². The Bertz CT molecular complexity index is 504. The number of aromatic nitrogens is 3. The number of aryl methyl sites for hydroxylation is 2. The summed E-state index contributed by atoms with van der Waals surface area (Å²) in [5.74, 6) is 2.44. The second kappa shape index (κ2) is 5.64. The zero-order valence-corrected chi connectivity index (χ0v) is 10.8. The quantitative estimate of drug-likeness (QED) is 0.861. The molecule has 96 valence electrons. The van der Waals surface area contributed by atoms with Crippen molar-refractivity contribution in [2.24, 2.45) is 12.8 Å². The number of hydrogen-bond acceptors (Lipinski definition) is 4. The molecule has 0 amide bonds. The number of nitrogens with two attached hydrogens (primary N) is 1. The van der Waals surface area contributed by atoms with Crippen molar-refractivity contribution in [2.75, 3.05) is 6.61 Å². The summed E-state index contributed by atoms with van der Waals surface area (Å²) in [6, 6.07) is 8.00. The molecule has 0 fully saturated rings. The molecule has 0 aliphatic heterocycles. The molecule has 1 aromatic carbocycles. The van der Waals surface area contributed by atoms with Gasteiger partial charge in [0.05, 0.1) is 13.2 Å². The largest absolute Gasteiger partial charge is 0.493 e. The van der Waals surface area contributed by atoms with Crippen LogP contribution in [0.5, 0.6) is 5.75 Å². The molecule has 0 atom stereocenters. The summed E-state index contributed by atoms with van der Waals surface area (Å²) in [6.45, 7) is 3.00. The molecule has 0 spiro atoms. The molecule has 0 saturated carbocycles. The van der Waals surface area contributed by atoms with Gasteiger partial charge in [-0.3, -0.25) is 4.68 Å². The Balaban J connectivity index is 1.88. The number of benzene rings is 1. The van der Waals surface area contributed by atoms with Crippen LogP contribution in [-0.4, -0.2) is 21.4 Å². The fourth-order valence-electron chi connectivity index (χ4n) is 1.67. The standard InChI is InChI=1S/C13H18N4O/c1-10-3-5-11(6-4-10)18-8-7-13-15-12(9-14)16-17(13)2/h3-6H,7-9,14H2,1-2H3. The normalized spacial score (nSPS) is 10.6. The van der Waals surface area contributed by atoms with Crippen LogP contribution in [0.25, 0.3) is 0 Å². The van der Waals surface area contributed by atoms with E-state index in [1.165, 1.54) is 5.56 Å². The van der Waals surface area contributed by atoms with E-state index in [-0.39, 0.29) is 0 Å². The van der Waals surface area contributed by atoms with Gasteiger partial charge in [0.25, 0.3) is 0 Å². The van der Waals surface area contributed by atoms with Crippen molar-refractivity contribution < 1.29 is 4.74 Å². The van der Waals surface area contributed by atoms with Gasteiger partial charge in [-0.05, 0) is 19.1 Å². The molecule has 0 aliphatic carbocycles. The predicted molar refractivity (Wildman–Crippen MR) is 69.3 cm³/mol. The first-order chi connectivity index (χ1) is 8.69. The maximum absolute atomic E-state index is 5.65. The predicted octanol–water partition coefficient (Wildman–Crippen LogP) is 1.20. The van der Waals surface area contributed by atoms with Gasteiger partial charge in [0.15, 0.2) is 5.82 Å². The van der Waals surface area contributed by atoms with Crippen LogP contribution < -0.4 is 10.5 Å². The zero-order chi connectivity index (χ0) is 13.0. The highest BCUT2D eigenvalue weighted by Crippen LogP contribution is 2.11. The average Bonchev–Trinajstić information content (AvgIpc) is 2.73. The monoisotopic (exact) mass is 246 g/mol. The summed E-state index contributed by atoms with van der Waals surface area (Å²) < 4.78 is 7.40. The maximum Gasteiger partial charge on any atom is 0.164 e. The topological polar surface area (TPSA) is 66.0 Å². The average molecular weight is 246 g/mol. The lowest BCUT2D eigenvalue weighted by Gasteiger charge is -2.05. The lowest BCUT2D eigenvalue weighted by atomic mass is 10.2. The molecule has 0 aliphatic rings. The van der Waals surface area contributed by atoms with Crippen LogP contribution >= 0.6 is 0 Å². The van der Waals surface area contributed by atoms with E-state index >= 15 is 0 Å². The highest BCUT2D eigenvalue weighted by Gasteiger charge is 2.05. The van der Waals surface area contributed by atoms with Crippen LogP contribution in [0.1, 0.15) is 17.2 Å². The second-order valence-corrected chi connectivity index (χ2v) is 4.18. The molecule has 5 heteroatoms. The molecule has 0 bridgehead atoms. The number of hydrogen-bond donors (Lipinski definition) is 1. The van der Waals surface area contributed by atoms with Crippen LogP contribution in [0.2, 0.25) is 0 Å². The molecule has 0 unspecified atom stereocenters. The first-order valence-corrected chi connectivity index (χ1v) is 5.97. The van der Waals surface area contributed by atoms with Crippen molar-refractivity contribution in [3.8, 4) is 5.75 Å². The minimum Gasteiger partial charge on any atom is -0.493 e. The van der Waals surface area contributed by atoms with Gasteiger partial charge in [-0.2, -0.15) is 5.10 Å². The minimum atomic E-state index is 0.368. The Morgan fingerprint density at radius 1 is 1.28 bits per heavy atom. The van der Waals surface area contributed by atoms with E-state index < -0.39 is 0 Å². The third kappa shape index (κ3) is 3.07. The van der Waals surface area contributed by atoms with Crippen molar-refractivity contribution in [2.45, 2.75) is 19.9 Å². The molecular weight excluding hydrogens is 228 g/mol. The van der Waals surface area contributed by atoms with E-state index in [2.05, 4.69) is 17.0 Å². The molecule has 1 heterocycles. The highest BCUT2D eigenvalue weighted by molar-refractivity contribution is 5.26. The van der Waals surface area contributed by atoms with Gasteiger partial charge in [0.1, 0.15) is 11.6 Å². The molecular formula is C13H18N4O. The van der Waals surface area contributed by atoms with Crippen molar-refractivity contribution in [3.05, 3.63) is 41.5 Å². The van der Waals surface area contributed by atoms with Crippen molar-refractivity contribution in [3.63, 3.8) is 0 Å². The molecule has 2 rings (SSSR count). The highest BCUT2D eigenvalue weighted by atomic mass is 16.5. The molecule has 2 N–H and O–H groups in total. The van der Waals surface area contributed by atoms with E-state index in [4.69, 9.17) is 10.5 Å². The number of rotatable bonds is 5. The molecule has 2 aromatic rings. The summed E-state index contributed by atoms with van der Waals surface area (Å²) >= 11 is 0. The van der Waals surface area contributed by atoms with Crippen molar-refractivity contribution in [1.82, 2.24) is 14.8 Å². The van der Waals surface area contributed by atoms with Crippen molar-refractivity contribution >= 4 is 0 Å². The molecule has 0 saturated heterocycles. The Morgan fingerprint density at radius 3 is 2.61 bits per heavy atom.